The molecule has 2 aliphatic rings. The number of hydrogen-bond donors (Lipinski definition) is 2. The summed E-state index contributed by atoms with van der Waals surface area (Å²) in [7, 11) is -3.89. The number of nitrogens with one attached hydrogen (secondary N) is 1. The lowest BCUT2D eigenvalue weighted by atomic mass is 9.68. The van der Waals surface area contributed by atoms with Gasteiger partial charge in [-0.15, -0.1) is 0 Å². The summed E-state index contributed by atoms with van der Waals surface area (Å²) in [6, 6.07) is -1.18. The molecule has 2 N–H and O–H groups in total. The molecule has 1 spiro atoms. The number of carboxylic acid groups (broad SMARTS) is 1. The number of carboxylic acids is 1. The smallest absolute Gasteiger partial charge is 0.321 e. The molecule has 0 radical (unpaired) electrons. The van der Waals surface area contributed by atoms with Gasteiger partial charge in [-0.3, -0.25) is 9.59 Å². The van der Waals surface area contributed by atoms with E-state index in [9.17, 15) is 23.1 Å². The number of carbonyl (C=O) groups is 2. The third-order valence-electron chi connectivity index (χ3n) is 5.82. The van der Waals surface area contributed by atoms with Crippen molar-refractivity contribution in [1.82, 2.24) is 13.9 Å². The highest BCUT2D eigenvalue weighted by molar-refractivity contribution is 7.86. The first-order chi connectivity index (χ1) is 12.2. The molecule has 9 heteroatoms. The summed E-state index contributed by atoms with van der Waals surface area (Å²) < 4.78 is 28.5. The van der Waals surface area contributed by atoms with Crippen LogP contribution in [0.2, 0.25) is 0 Å². The van der Waals surface area contributed by atoms with Gasteiger partial charge in [0.05, 0.1) is 0 Å². The molecule has 150 valence electrons. The van der Waals surface area contributed by atoms with Crippen molar-refractivity contribution in [3.8, 4) is 0 Å². The van der Waals surface area contributed by atoms with Crippen molar-refractivity contribution in [3.05, 3.63) is 0 Å². The minimum Gasteiger partial charge on any atom is -0.480 e. The molecular formula is C17H31N3O5S. The maximum absolute atomic E-state index is 13.1. The van der Waals surface area contributed by atoms with Gasteiger partial charge >= 0.3 is 5.97 Å². The lowest BCUT2D eigenvalue weighted by molar-refractivity contribution is -0.140. The molecule has 0 aromatic carbocycles. The van der Waals surface area contributed by atoms with Crippen LogP contribution in [0.1, 0.15) is 58.8 Å². The first-order valence-electron chi connectivity index (χ1n) is 9.42. The molecule has 26 heavy (non-hydrogen) atoms. The molecule has 1 saturated carbocycles. The SMILES string of the molecule is CC(=O)NCCN(C(C)C(=O)O)S(=O)(=O)N1CCC2(CCCCC2)CC1. The largest absolute Gasteiger partial charge is 0.480 e. The van der Waals surface area contributed by atoms with E-state index in [-0.39, 0.29) is 24.4 Å². The third-order valence-corrected chi connectivity index (χ3v) is 7.92. The van der Waals surface area contributed by atoms with Crippen LogP contribution >= 0.6 is 0 Å². The van der Waals surface area contributed by atoms with Gasteiger partial charge in [-0.1, -0.05) is 19.3 Å². The fourth-order valence-electron chi connectivity index (χ4n) is 4.12. The zero-order valence-corrected chi connectivity index (χ0v) is 16.6. The Hall–Kier alpha value is -1.19. The number of nitrogens with zero attached hydrogens (tertiary/aromatic N) is 2. The van der Waals surface area contributed by atoms with Crippen LogP contribution in [0.5, 0.6) is 0 Å². The highest BCUT2D eigenvalue weighted by Crippen LogP contribution is 2.45. The lowest BCUT2D eigenvalue weighted by Gasteiger charge is -2.45. The average Bonchev–Trinajstić information content (AvgIpc) is 2.59. The van der Waals surface area contributed by atoms with E-state index in [1.807, 2.05) is 0 Å². The predicted octanol–water partition coefficient (Wildman–Crippen LogP) is 1.19. The van der Waals surface area contributed by atoms with Gasteiger partial charge in [-0.25, -0.2) is 0 Å². The van der Waals surface area contributed by atoms with E-state index in [0.717, 1.165) is 17.1 Å². The minimum absolute atomic E-state index is 0.0585. The van der Waals surface area contributed by atoms with Crippen LogP contribution in [0.3, 0.4) is 0 Å². The van der Waals surface area contributed by atoms with Crippen molar-refractivity contribution in [2.75, 3.05) is 26.2 Å². The second-order valence-corrected chi connectivity index (χ2v) is 9.46. The number of piperidine rings is 1. The summed E-state index contributed by atoms with van der Waals surface area (Å²) in [6.07, 6.45) is 7.70. The Labute approximate surface area is 156 Å². The third kappa shape index (κ3) is 4.95. The summed E-state index contributed by atoms with van der Waals surface area (Å²) in [5.74, 6) is -1.47. The van der Waals surface area contributed by atoms with Gasteiger partial charge in [0.15, 0.2) is 0 Å². The van der Waals surface area contributed by atoms with Gasteiger partial charge in [0.2, 0.25) is 5.91 Å². The van der Waals surface area contributed by atoms with Gasteiger partial charge in [0.1, 0.15) is 6.04 Å². The Balaban J connectivity index is 2.07. The first kappa shape index (κ1) is 21.1. The maximum atomic E-state index is 13.1. The van der Waals surface area contributed by atoms with Crippen molar-refractivity contribution >= 4 is 22.1 Å². The van der Waals surface area contributed by atoms with E-state index in [1.54, 1.807) is 0 Å². The monoisotopic (exact) mass is 389 g/mol. The van der Waals surface area contributed by atoms with E-state index in [2.05, 4.69) is 5.32 Å². The second-order valence-electron chi connectivity index (χ2n) is 7.58. The molecule has 8 nitrogen and oxygen atoms in total. The Morgan fingerprint density at radius 3 is 2.23 bits per heavy atom. The molecule has 1 aliphatic heterocycles. The minimum atomic E-state index is -3.89. The van der Waals surface area contributed by atoms with E-state index in [0.29, 0.717) is 13.1 Å². The van der Waals surface area contributed by atoms with Crippen molar-refractivity contribution in [3.63, 3.8) is 0 Å². The molecule has 0 bridgehead atoms. The fourth-order valence-corrected chi connectivity index (χ4v) is 5.87. The highest BCUT2D eigenvalue weighted by Gasteiger charge is 2.42. The molecule has 1 unspecified atom stereocenters. The second kappa shape index (κ2) is 8.67. The fraction of sp³-hybridized carbons (Fsp3) is 0.882. The molecule has 1 heterocycles. The average molecular weight is 390 g/mol. The Morgan fingerprint density at radius 1 is 1.15 bits per heavy atom. The van der Waals surface area contributed by atoms with Crippen molar-refractivity contribution in [2.24, 2.45) is 5.41 Å². The predicted molar refractivity (Wildman–Crippen MR) is 97.7 cm³/mol. The Bertz CT molecular complexity index is 606. The zero-order valence-electron chi connectivity index (χ0n) is 15.7. The summed E-state index contributed by atoms with van der Waals surface area (Å²) in [5.41, 5.74) is 0.268. The standard InChI is InChI=1S/C17H31N3O5S/c1-14(16(22)23)20(13-10-18-15(2)21)26(24,25)19-11-8-17(9-12-19)6-4-3-5-7-17/h14H,3-13H2,1-2H3,(H,18,21)(H,22,23). The number of amides is 1. The van der Waals surface area contributed by atoms with Crippen LogP contribution in [0.25, 0.3) is 0 Å². The van der Waals surface area contributed by atoms with Crippen LogP contribution in [-0.2, 0) is 19.8 Å². The number of rotatable bonds is 7. The molecule has 0 aromatic rings. The van der Waals surface area contributed by atoms with E-state index < -0.39 is 22.2 Å². The molecular weight excluding hydrogens is 358 g/mol. The summed E-state index contributed by atoms with van der Waals surface area (Å²) >= 11 is 0. The quantitative estimate of drug-likeness (QED) is 0.680. The van der Waals surface area contributed by atoms with Gasteiger partial charge in [-0.2, -0.15) is 17.0 Å². The number of aliphatic carboxylic acids is 1. The Morgan fingerprint density at radius 2 is 1.73 bits per heavy atom. The van der Waals surface area contributed by atoms with Crippen molar-refractivity contribution in [1.29, 1.82) is 0 Å². The van der Waals surface area contributed by atoms with E-state index >= 15 is 0 Å². The van der Waals surface area contributed by atoms with Gasteiger partial charge in [0, 0.05) is 33.1 Å². The summed E-state index contributed by atoms with van der Waals surface area (Å²) in [4.78, 5) is 22.4. The summed E-state index contributed by atoms with van der Waals surface area (Å²) in [6.45, 7) is 3.60. The molecule has 0 aromatic heterocycles. The first-order valence-corrected chi connectivity index (χ1v) is 10.8. The van der Waals surface area contributed by atoms with Gasteiger partial charge in [-0.05, 0) is 38.0 Å². The molecule has 2 fully saturated rings. The maximum Gasteiger partial charge on any atom is 0.321 e. The number of hydrogen-bond acceptors (Lipinski definition) is 4. The van der Waals surface area contributed by atoms with Crippen molar-refractivity contribution < 1.29 is 23.1 Å². The highest BCUT2D eigenvalue weighted by atomic mass is 32.2. The molecule has 1 atom stereocenters. The van der Waals surface area contributed by atoms with Crippen LogP contribution in [-0.4, -0.2) is 66.2 Å². The number of carbonyl (C=O) groups excluding carboxylic acids is 1. The van der Waals surface area contributed by atoms with E-state index in [1.165, 1.54) is 50.3 Å². The van der Waals surface area contributed by atoms with E-state index in [4.69, 9.17) is 0 Å². The lowest BCUT2D eigenvalue weighted by Crippen LogP contribution is -2.55. The van der Waals surface area contributed by atoms with Crippen LogP contribution in [0.15, 0.2) is 0 Å². The van der Waals surface area contributed by atoms with Gasteiger partial charge < -0.3 is 10.4 Å². The molecule has 1 amide bonds. The van der Waals surface area contributed by atoms with Crippen LogP contribution in [0, 0.1) is 5.41 Å². The summed E-state index contributed by atoms with van der Waals surface area (Å²) in [5, 5.41) is 11.8. The molecule has 1 saturated heterocycles. The Kier molecular flexibility index (Phi) is 7.04. The zero-order chi connectivity index (χ0) is 19.4. The van der Waals surface area contributed by atoms with Crippen LogP contribution in [0.4, 0.5) is 0 Å². The van der Waals surface area contributed by atoms with Crippen LogP contribution < -0.4 is 5.32 Å². The normalized spacial score (nSPS) is 22.3. The molecule has 1 aliphatic carbocycles. The van der Waals surface area contributed by atoms with Crippen molar-refractivity contribution in [2.45, 2.75) is 64.8 Å². The topological polar surface area (TPSA) is 107 Å². The molecule has 2 rings (SSSR count). The van der Waals surface area contributed by atoms with Gasteiger partial charge in [0.25, 0.3) is 10.2 Å².